The third kappa shape index (κ3) is 5.61. The fraction of sp³-hybridized carbons (Fsp3) is 0.360. The van der Waals surface area contributed by atoms with Crippen molar-refractivity contribution in [3.63, 3.8) is 0 Å². The lowest BCUT2D eigenvalue weighted by Crippen LogP contribution is -2.46. The predicted molar refractivity (Wildman–Crippen MR) is 129 cm³/mol. The van der Waals surface area contributed by atoms with E-state index in [0.717, 1.165) is 48.9 Å². The first-order chi connectivity index (χ1) is 15.9. The van der Waals surface area contributed by atoms with E-state index in [-0.39, 0.29) is 11.7 Å². The first-order valence-electron chi connectivity index (χ1n) is 11.2. The van der Waals surface area contributed by atoms with Gasteiger partial charge in [-0.15, -0.1) is 0 Å². The molecule has 6 nitrogen and oxygen atoms in total. The quantitative estimate of drug-likeness (QED) is 0.556. The number of hydrogen-bond acceptors (Lipinski definition) is 4. The molecule has 0 bridgehead atoms. The van der Waals surface area contributed by atoms with E-state index in [0.29, 0.717) is 30.1 Å². The molecule has 4 rings (SSSR count). The molecule has 0 radical (unpaired) electrons. The molecular formula is C25H29ClFN5O. The van der Waals surface area contributed by atoms with Gasteiger partial charge in [0.05, 0.1) is 22.8 Å². The molecule has 1 aliphatic heterocycles. The van der Waals surface area contributed by atoms with Crippen LogP contribution in [0.1, 0.15) is 23.4 Å². The Morgan fingerprint density at radius 2 is 1.73 bits per heavy atom. The van der Waals surface area contributed by atoms with Crippen molar-refractivity contribution in [2.24, 2.45) is 0 Å². The molecule has 0 atom stereocenters. The van der Waals surface area contributed by atoms with Gasteiger partial charge in [0.2, 0.25) is 5.91 Å². The normalized spacial score (nSPS) is 15.0. The van der Waals surface area contributed by atoms with Crippen LogP contribution in [-0.4, -0.2) is 58.2 Å². The molecule has 0 saturated carbocycles. The summed E-state index contributed by atoms with van der Waals surface area (Å²) in [6.45, 7) is 8.36. The third-order valence-corrected chi connectivity index (χ3v) is 6.47. The summed E-state index contributed by atoms with van der Waals surface area (Å²) in [7, 11) is 0. The molecule has 0 aliphatic carbocycles. The maximum atomic E-state index is 14.1. The van der Waals surface area contributed by atoms with Gasteiger partial charge < -0.3 is 10.2 Å². The van der Waals surface area contributed by atoms with E-state index in [4.69, 9.17) is 11.6 Å². The number of hydrogen-bond donors (Lipinski definition) is 1. The highest BCUT2D eigenvalue weighted by Crippen LogP contribution is 2.23. The van der Waals surface area contributed by atoms with Gasteiger partial charge in [0.25, 0.3) is 0 Å². The maximum absolute atomic E-state index is 14.1. The lowest BCUT2D eigenvalue weighted by atomic mass is 10.1. The van der Waals surface area contributed by atoms with Crippen LogP contribution in [0.25, 0.3) is 5.69 Å². The summed E-state index contributed by atoms with van der Waals surface area (Å²) in [5, 5.41) is 8.10. The van der Waals surface area contributed by atoms with Gasteiger partial charge in [-0.25, -0.2) is 9.07 Å². The lowest BCUT2D eigenvalue weighted by molar-refractivity contribution is -0.116. The molecule has 1 aromatic heterocycles. The molecule has 1 amide bonds. The first kappa shape index (κ1) is 23.4. The van der Waals surface area contributed by atoms with E-state index >= 15 is 0 Å². The number of aryl methyl sites for hydroxylation is 1. The summed E-state index contributed by atoms with van der Waals surface area (Å²) >= 11 is 6.16. The number of para-hydroxylation sites is 1. The van der Waals surface area contributed by atoms with E-state index in [1.54, 1.807) is 12.1 Å². The fourth-order valence-electron chi connectivity index (χ4n) is 4.18. The van der Waals surface area contributed by atoms with E-state index in [9.17, 15) is 9.18 Å². The maximum Gasteiger partial charge on any atom is 0.225 e. The molecule has 2 heterocycles. The largest absolute Gasteiger partial charge is 0.323 e. The van der Waals surface area contributed by atoms with Crippen molar-refractivity contribution in [2.75, 3.05) is 38.0 Å². The summed E-state index contributed by atoms with van der Waals surface area (Å²) in [4.78, 5) is 17.1. The number of nitrogens with one attached hydrogen (secondary N) is 1. The van der Waals surface area contributed by atoms with Crippen LogP contribution in [0.5, 0.6) is 0 Å². The van der Waals surface area contributed by atoms with Crippen molar-refractivity contribution in [2.45, 2.75) is 26.8 Å². The van der Waals surface area contributed by atoms with Gasteiger partial charge in [-0.3, -0.25) is 9.69 Å². The smallest absolute Gasteiger partial charge is 0.225 e. The number of piperazine rings is 1. The van der Waals surface area contributed by atoms with Crippen molar-refractivity contribution in [1.82, 2.24) is 19.6 Å². The lowest BCUT2D eigenvalue weighted by Gasteiger charge is -2.34. The van der Waals surface area contributed by atoms with Crippen LogP contribution < -0.4 is 5.32 Å². The van der Waals surface area contributed by atoms with E-state index < -0.39 is 0 Å². The number of nitrogens with zero attached hydrogens (tertiary/aromatic N) is 4. The minimum Gasteiger partial charge on any atom is -0.323 e. The Hall–Kier alpha value is -2.74. The molecule has 1 fully saturated rings. The summed E-state index contributed by atoms with van der Waals surface area (Å²) in [5.41, 5.74) is 4.00. The molecule has 1 aliphatic rings. The topological polar surface area (TPSA) is 53.4 Å². The highest BCUT2D eigenvalue weighted by Gasteiger charge is 2.20. The molecular weight excluding hydrogens is 441 g/mol. The van der Waals surface area contributed by atoms with Crippen molar-refractivity contribution in [1.29, 1.82) is 0 Å². The highest BCUT2D eigenvalue weighted by atomic mass is 35.5. The number of carbonyl (C=O) groups excluding carboxylic acids is 1. The zero-order valence-electron chi connectivity index (χ0n) is 19.0. The number of carbonyl (C=O) groups is 1. The van der Waals surface area contributed by atoms with Crippen LogP contribution in [0.4, 0.5) is 10.1 Å². The molecule has 2 aromatic carbocycles. The standard InChI is InChI=1S/C25H29ClFN5O/c1-18-25(19(2)32(29-18)20-7-4-3-5-8-20)28-24(33)11-12-30-13-15-31(16-14-30)17-21-22(26)9-6-10-23(21)27/h3-10H,11-17H2,1-2H3,(H,28,33). The number of rotatable bonds is 7. The summed E-state index contributed by atoms with van der Waals surface area (Å²) < 4.78 is 15.9. The Kier molecular flexibility index (Phi) is 7.42. The van der Waals surface area contributed by atoms with Crippen LogP contribution in [0.3, 0.4) is 0 Å². The van der Waals surface area contributed by atoms with E-state index in [1.165, 1.54) is 6.07 Å². The molecule has 174 valence electrons. The number of anilines is 1. The highest BCUT2D eigenvalue weighted by molar-refractivity contribution is 6.31. The second-order valence-corrected chi connectivity index (χ2v) is 8.82. The predicted octanol–water partition coefficient (Wildman–Crippen LogP) is 4.43. The van der Waals surface area contributed by atoms with Gasteiger partial charge in [0, 0.05) is 56.3 Å². The first-order valence-corrected chi connectivity index (χ1v) is 11.6. The van der Waals surface area contributed by atoms with Crippen LogP contribution >= 0.6 is 11.6 Å². The van der Waals surface area contributed by atoms with Crippen LogP contribution in [0.2, 0.25) is 5.02 Å². The van der Waals surface area contributed by atoms with Crippen molar-refractivity contribution < 1.29 is 9.18 Å². The van der Waals surface area contributed by atoms with Gasteiger partial charge in [0.15, 0.2) is 0 Å². The number of halogens is 2. The Bertz CT molecular complexity index is 1090. The van der Waals surface area contributed by atoms with Crippen molar-refractivity contribution in [3.05, 3.63) is 76.3 Å². The zero-order valence-corrected chi connectivity index (χ0v) is 19.8. The summed E-state index contributed by atoms with van der Waals surface area (Å²) in [6.07, 6.45) is 0.411. The van der Waals surface area contributed by atoms with Crippen LogP contribution in [0, 0.1) is 19.7 Å². The Morgan fingerprint density at radius 3 is 2.42 bits per heavy atom. The molecule has 1 N–H and O–H groups in total. The SMILES string of the molecule is Cc1nn(-c2ccccc2)c(C)c1NC(=O)CCN1CCN(Cc2c(F)cccc2Cl)CC1. The third-order valence-electron chi connectivity index (χ3n) is 6.12. The average Bonchev–Trinajstić information content (AvgIpc) is 3.10. The second-order valence-electron chi connectivity index (χ2n) is 8.41. The minimum atomic E-state index is -0.261. The molecule has 8 heteroatoms. The minimum absolute atomic E-state index is 0.0191. The Labute approximate surface area is 198 Å². The van der Waals surface area contributed by atoms with Gasteiger partial charge in [-0.05, 0) is 38.1 Å². The Morgan fingerprint density at radius 1 is 1.03 bits per heavy atom. The van der Waals surface area contributed by atoms with Gasteiger partial charge in [-0.2, -0.15) is 5.10 Å². The molecule has 0 spiro atoms. The molecule has 33 heavy (non-hydrogen) atoms. The van der Waals surface area contributed by atoms with Crippen molar-refractivity contribution in [3.8, 4) is 5.69 Å². The van der Waals surface area contributed by atoms with Gasteiger partial charge >= 0.3 is 0 Å². The second kappa shape index (κ2) is 10.5. The van der Waals surface area contributed by atoms with E-state index in [1.807, 2.05) is 48.9 Å². The van der Waals surface area contributed by atoms with Crippen LogP contribution in [-0.2, 0) is 11.3 Å². The molecule has 3 aromatic rings. The van der Waals surface area contributed by atoms with E-state index in [2.05, 4.69) is 20.2 Å². The summed E-state index contributed by atoms with van der Waals surface area (Å²) in [6, 6.07) is 14.7. The number of benzene rings is 2. The Balaban J connectivity index is 1.26. The zero-order chi connectivity index (χ0) is 23.4. The molecule has 0 unspecified atom stereocenters. The average molecular weight is 470 g/mol. The monoisotopic (exact) mass is 469 g/mol. The van der Waals surface area contributed by atoms with Gasteiger partial charge in [0.1, 0.15) is 5.82 Å². The molecule has 1 saturated heterocycles. The van der Waals surface area contributed by atoms with Crippen LogP contribution in [0.15, 0.2) is 48.5 Å². The van der Waals surface area contributed by atoms with Crippen molar-refractivity contribution >= 4 is 23.2 Å². The fourth-order valence-corrected chi connectivity index (χ4v) is 4.41. The number of aromatic nitrogens is 2. The summed E-state index contributed by atoms with van der Waals surface area (Å²) in [5.74, 6) is -0.280. The van der Waals surface area contributed by atoms with Gasteiger partial charge in [-0.1, -0.05) is 35.9 Å². The number of amides is 1.